The number of hydrogen-bond donors (Lipinski definition) is 2. The molecule has 18 heavy (non-hydrogen) atoms. The lowest BCUT2D eigenvalue weighted by molar-refractivity contribution is 0.0398. The summed E-state index contributed by atoms with van der Waals surface area (Å²) in [6.45, 7) is 5.90. The maximum absolute atomic E-state index is 5.34. The van der Waals surface area contributed by atoms with Crippen molar-refractivity contribution in [3.05, 3.63) is 30.5 Å². The van der Waals surface area contributed by atoms with Crippen LogP contribution in [0.3, 0.4) is 0 Å². The molecule has 4 nitrogen and oxygen atoms in total. The van der Waals surface area contributed by atoms with E-state index in [2.05, 4.69) is 39.5 Å². The Kier molecular flexibility index (Phi) is 3.48. The summed E-state index contributed by atoms with van der Waals surface area (Å²) in [6, 6.07) is 8.53. The summed E-state index contributed by atoms with van der Waals surface area (Å²) in [4.78, 5) is 5.67. The van der Waals surface area contributed by atoms with Gasteiger partial charge >= 0.3 is 0 Å². The highest BCUT2D eigenvalue weighted by atomic mass is 16.5. The van der Waals surface area contributed by atoms with Gasteiger partial charge in [-0.05, 0) is 23.6 Å². The predicted molar refractivity (Wildman–Crippen MR) is 74.0 cm³/mol. The molecule has 0 atom stereocenters. The zero-order valence-electron chi connectivity index (χ0n) is 10.5. The molecule has 96 valence electrons. The van der Waals surface area contributed by atoms with E-state index in [-0.39, 0.29) is 0 Å². The van der Waals surface area contributed by atoms with Crippen LogP contribution in [0.25, 0.3) is 10.9 Å². The van der Waals surface area contributed by atoms with Crippen molar-refractivity contribution in [2.45, 2.75) is 0 Å². The van der Waals surface area contributed by atoms with Gasteiger partial charge in [-0.2, -0.15) is 0 Å². The third kappa shape index (κ3) is 2.66. The molecule has 0 spiro atoms. The maximum atomic E-state index is 5.34. The second-order valence-electron chi connectivity index (χ2n) is 4.66. The first kappa shape index (κ1) is 11.6. The number of nitrogens with zero attached hydrogens (tertiary/aromatic N) is 1. The minimum atomic E-state index is 0.869. The summed E-state index contributed by atoms with van der Waals surface area (Å²) < 4.78 is 5.34. The molecule has 1 saturated heterocycles. The smallest absolute Gasteiger partial charge is 0.0594 e. The van der Waals surface area contributed by atoms with Gasteiger partial charge in [0.25, 0.3) is 0 Å². The highest BCUT2D eigenvalue weighted by Gasteiger charge is 2.09. The first-order chi connectivity index (χ1) is 8.92. The molecular weight excluding hydrogens is 226 g/mol. The van der Waals surface area contributed by atoms with E-state index < -0.39 is 0 Å². The number of H-pyrrole nitrogens is 1. The monoisotopic (exact) mass is 245 g/mol. The van der Waals surface area contributed by atoms with Crippen molar-refractivity contribution in [2.75, 3.05) is 44.7 Å². The number of aromatic nitrogens is 1. The van der Waals surface area contributed by atoms with E-state index >= 15 is 0 Å². The number of morpholine rings is 1. The van der Waals surface area contributed by atoms with Gasteiger partial charge in [0, 0.05) is 43.6 Å². The highest BCUT2D eigenvalue weighted by Crippen LogP contribution is 2.17. The zero-order chi connectivity index (χ0) is 12.2. The fourth-order valence-electron chi connectivity index (χ4n) is 2.34. The lowest BCUT2D eigenvalue weighted by Gasteiger charge is -2.26. The number of aromatic amines is 1. The van der Waals surface area contributed by atoms with Crippen LogP contribution < -0.4 is 5.32 Å². The van der Waals surface area contributed by atoms with Crippen molar-refractivity contribution in [3.8, 4) is 0 Å². The Labute approximate surface area is 107 Å². The summed E-state index contributed by atoms with van der Waals surface area (Å²) in [7, 11) is 0. The molecule has 2 heterocycles. The number of nitrogens with one attached hydrogen (secondary N) is 2. The van der Waals surface area contributed by atoms with Crippen molar-refractivity contribution in [2.24, 2.45) is 0 Å². The minimum Gasteiger partial charge on any atom is -0.384 e. The van der Waals surface area contributed by atoms with E-state index in [1.165, 1.54) is 16.6 Å². The van der Waals surface area contributed by atoms with Crippen molar-refractivity contribution in [1.29, 1.82) is 0 Å². The second-order valence-corrected chi connectivity index (χ2v) is 4.66. The molecule has 3 rings (SSSR count). The molecule has 0 aliphatic carbocycles. The van der Waals surface area contributed by atoms with Crippen molar-refractivity contribution in [3.63, 3.8) is 0 Å². The van der Waals surface area contributed by atoms with E-state index in [0.29, 0.717) is 0 Å². The van der Waals surface area contributed by atoms with Crippen LogP contribution in [0.5, 0.6) is 0 Å². The number of rotatable bonds is 4. The van der Waals surface area contributed by atoms with Gasteiger partial charge in [0.2, 0.25) is 0 Å². The number of ether oxygens (including phenoxy) is 1. The quantitative estimate of drug-likeness (QED) is 0.864. The Morgan fingerprint density at radius 2 is 2.11 bits per heavy atom. The third-order valence-corrected chi connectivity index (χ3v) is 3.42. The van der Waals surface area contributed by atoms with E-state index in [9.17, 15) is 0 Å². The molecule has 1 aromatic carbocycles. The van der Waals surface area contributed by atoms with E-state index in [0.717, 1.165) is 39.4 Å². The van der Waals surface area contributed by atoms with Gasteiger partial charge in [-0.25, -0.2) is 0 Å². The molecule has 1 aromatic heterocycles. The molecule has 1 aliphatic heterocycles. The predicted octanol–water partition coefficient (Wildman–Crippen LogP) is 1.91. The number of benzene rings is 1. The molecule has 1 fully saturated rings. The van der Waals surface area contributed by atoms with Crippen molar-refractivity contribution >= 4 is 16.6 Å². The van der Waals surface area contributed by atoms with Crippen LogP contribution >= 0.6 is 0 Å². The van der Waals surface area contributed by atoms with Crippen LogP contribution in [0.4, 0.5) is 5.69 Å². The van der Waals surface area contributed by atoms with Crippen molar-refractivity contribution in [1.82, 2.24) is 9.88 Å². The summed E-state index contributed by atoms with van der Waals surface area (Å²) >= 11 is 0. The Bertz CT molecular complexity index is 502. The van der Waals surface area contributed by atoms with Crippen molar-refractivity contribution < 1.29 is 4.74 Å². The average molecular weight is 245 g/mol. The number of fused-ring (bicyclic) bond motifs is 1. The Balaban J connectivity index is 1.52. The second kappa shape index (κ2) is 5.42. The normalized spacial score (nSPS) is 17.1. The van der Waals surface area contributed by atoms with Gasteiger partial charge in [-0.3, -0.25) is 4.90 Å². The molecule has 2 aromatic rings. The number of anilines is 1. The van der Waals surface area contributed by atoms with Crippen LogP contribution in [0.2, 0.25) is 0 Å². The molecule has 2 N–H and O–H groups in total. The summed E-state index contributed by atoms with van der Waals surface area (Å²) in [5.41, 5.74) is 2.37. The summed E-state index contributed by atoms with van der Waals surface area (Å²) in [6.07, 6.45) is 1.97. The van der Waals surface area contributed by atoms with Gasteiger partial charge in [0.05, 0.1) is 13.2 Å². The van der Waals surface area contributed by atoms with Gasteiger partial charge in [0.15, 0.2) is 0 Å². The lowest BCUT2D eigenvalue weighted by atomic mass is 10.2. The Hall–Kier alpha value is -1.52. The van der Waals surface area contributed by atoms with Gasteiger partial charge < -0.3 is 15.0 Å². The van der Waals surface area contributed by atoms with Crippen LogP contribution in [-0.4, -0.2) is 49.3 Å². The van der Waals surface area contributed by atoms with Crippen LogP contribution in [0.1, 0.15) is 0 Å². The molecule has 0 bridgehead atoms. The van der Waals surface area contributed by atoms with Crippen LogP contribution in [-0.2, 0) is 4.74 Å². The molecule has 0 amide bonds. The highest BCUT2D eigenvalue weighted by molar-refractivity contribution is 5.82. The standard InChI is InChI=1S/C14H19N3O/c1-2-13(11-14-12(1)3-4-16-14)15-5-6-17-7-9-18-10-8-17/h1-4,11,15-16H,5-10H2. The third-order valence-electron chi connectivity index (χ3n) is 3.42. The molecule has 0 radical (unpaired) electrons. The minimum absolute atomic E-state index is 0.869. The lowest BCUT2D eigenvalue weighted by Crippen LogP contribution is -2.38. The van der Waals surface area contributed by atoms with Gasteiger partial charge in [-0.15, -0.1) is 0 Å². The van der Waals surface area contributed by atoms with E-state index in [1.54, 1.807) is 0 Å². The molecule has 4 heteroatoms. The largest absolute Gasteiger partial charge is 0.384 e. The molecule has 0 saturated carbocycles. The Morgan fingerprint density at radius 1 is 1.22 bits per heavy atom. The first-order valence-corrected chi connectivity index (χ1v) is 6.53. The summed E-state index contributed by atoms with van der Waals surface area (Å²) in [5, 5.41) is 4.73. The molecule has 0 unspecified atom stereocenters. The average Bonchev–Trinajstić information content (AvgIpc) is 2.87. The molecule has 1 aliphatic rings. The maximum Gasteiger partial charge on any atom is 0.0594 e. The Morgan fingerprint density at radius 3 is 3.00 bits per heavy atom. The van der Waals surface area contributed by atoms with Gasteiger partial charge in [-0.1, -0.05) is 6.07 Å². The zero-order valence-corrected chi connectivity index (χ0v) is 10.5. The van der Waals surface area contributed by atoms with Crippen LogP contribution in [0.15, 0.2) is 30.5 Å². The van der Waals surface area contributed by atoms with Gasteiger partial charge in [0.1, 0.15) is 0 Å². The van der Waals surface area contributed by atoms with E-state index in [1.807, 2.05) is 6.20 Å². The number of hydrogen-bond acceptors (Lipinski definition) is 3. The topological polar surface area (TPSA) is 40.3 Å². The fourth-order valence-corrected chi connectivity index (χ4v) is 2.34. The molecular formula is C14H19N3O. The van der Waals surface area contributed by atoms with E-state index in [4.69, 9.17) is 4.74 Å². The fraction of sp³-hybridized carbons (Fsp3) is 0.429. The van der Waals surface area contributed by atoms with Crippen LogP contribution in [0, 0.1) is 0 Å². The first-order valence-electron chi connectivity index (χ1n) is 6.53. The summed E-state index contributed by atoms with van der Waals surface area (Å²) in [5.74, 6) is 0. The SMILES string of the molecule is c1cc2ccc(NCCN3CCOCC3)cc2[nH]1.